The molecular formula is C12H17NO3S. The summed E-state index contributed by atoms with van der Waals surface area (Å²) in [6, 6.07) is 3.63. The molecule has 2 atom stereocenters. The van der Waals surface area contributed by atoms with Crippen molar-refractivity contribution in [1.29, 1.82) is 0 Å². The maximum absolute atomic E-state index is 11.7. The van der Waals surface area contributed by atoms with Gasteiger partial charge in [-0.2, -0.15) is 0 Å². The molecule has 1 aliphatic rings. The van der Waals surface area contributed by atoms with E-state index in [0.717, 1.165) is 12.0 Å². The van der Waals surface area contributed by atoms with Crippen LogP contribution in [0.15, 0.2) is 24.5 Å². The Hall–Kier alpha value is -0.940. The van der Waals surface area contributed by atoms with Gasteiger partial charge in [0.25, 0.3) is 0 Å². The molecule has 0 saturated heterocycles. The maximum Gasteiger partial charge on any atom is 0.153 e. The first-order chi connectivity index (χ1) is 7.92. The van der Waals surface area contributed by atoms with E-state index in [1.54, 1.807) is 12.4 Å². The summed E-state index contributed by atoms with van der Waals surface area (Å²) in [5.74, 6) is 0. The molecule has 0 amide bonds. The number of aliphatic hydroxyl groups is 1. The lowest BCUT2D eigenvalue weighted by Gasteiger charge is -2.29. The number of nitrogens with zero attached hydrogens (tertiary/aromatic N) is 1. The summed E-state index contributed by atoms with van der Waals surface area (Å²) in [6.45, 7) is 0. The van der Waals surface area contributed by atoms with Crippen molar-refractivity contribution in [3.8, 4) is 0 Å². The largest absolute Gasteiger partial charge is 0.388 e. The zero-order valence-electron chi connectivity index (χ0n) is 9.83. The van der Waals surface area contributed by atoms with Gasteiger partial charge in [-0.05, 0) is 37.0 Å². The van der Waals surface area contributed by atoms with Crippen molar-refractivity contribution in [3.05, 3.63) is 30.1 Å². The average Bonchev–Trinajstić information content (AvgIpc) is 2.61. The molecular weight excluding hydrogens is 238 g/mol. The standard InChI is InChI=1S/C12H17NO3S/c1-17(15,16)11-3-2-6-12(11,14)9-10-4-7-13-8-5-10/h4-5,7-8,11,14H,2-3,6,9H2,1H3. The van der Waals surface area contributed by atoms with E-state index in [2.05, 4.69) is 4.98 Å². The summed E-state index contributed by atoms with van der Waals surface area (Å²) in [7, 11) is -3.20. The van der Waals surface area contributed by atoms with Crippen LogP contribution in [0.4, 0.5) is 0 Å². The lowest BCUT2D eigenvalue weighted by Crippen LogP contribution is -2.44. The summed E-state index contributed by atoms with van der Waals surface area (Å²) in [6.07, 6.45) is 6.77. The first kappa shape index (κ1) is 12.5. The van der Waals surface area contributed by atoms with E-state index in [4.69, 9.17) is 0 Å². The molecule has 1 aliphatic carbocycles. The molecule has 1 aromatic heterocycles. The van der Waals surface area contributed by atoms with Gasteiger partial charge in [0.15, 0.2) is 9.84 Å². The van der Waals surface area contributed by atoms with Crippen LogP contribution in [-0.4, -0.2) is 35.6 Å². The van der Waals surface area contributed by atoms with Crippen LogP contribution in [0.2, 0.25) is 0 Å². The van der Waals surface area contributed by atoms with Crippen LogP contribution in [0.1, 0.15) is 24.8 Å². The topological polar surface area (TPSA) is 67.3 Å². The van der Waals surface area contributed by atoms with Crippen molar-refractivity contribution >= 4 is 9.84 Å². The molecule has 5 heteroatoms. The van der Waals surface area contributed by atoms with Gasteiger partial charge < -0.3 is 5.11 Å². The molecule has 0 radical (unpaired) electrons. The Kier molecular flexibility index (Phi) is 3.23. The second-order valence-electron chi connectivity index (χ2n) is 4.85. The van der Waals surface area contributed by atoms with Gasteiger partial charge in [0.05, 0.1) is 10.9 Å². The Balaban J connectivity index is 2.24. The summed E-state index contributed by atoms with van der Waals surface area (Å²) in [4.78, 5) is 3.91. The first-order valence-electron chi connectivity index (χ1n) is 5.72. The van der Waals surface area contributed by atoms with Gasteiger partial charge in [0.1, 0.15) is 0 Å². The molecule has 17 heavy (non-hydrogen) atoms. The highest BCUT2D eigenvalue weighted by atomic mass is 32.2. The average molecular weight is 255 g/mol. The highest BCUT2D eigenvalue weighted by Crippen LogP contribution is 2.37. The smallest absolute Gasteiger partial charge is 0.153 e. The normalized spacial score (nSPS) is 29.4. The van der Waals surface area contributed by atoms with Crippen LogP contribution in [0.25, 0.3) is 0 Å². The lowest BCUT2D eigenvalue weighted by molar-refractivity contribution is 0.0512. The van der Waals surface area contributed by atoms with E-state index < -0.39 is 20.7 Å². The van der Waals surface area contributed by atoms with Gasteiger partial charge in [0.2, 0.25) is 0 Å². The Morgan fingerprint density at radius 3 is 2.71 bits per heavy atom. The molecule has 0 bridgehead atoms. The van der Waals surface area contributed by atoms with Gasteiger partial charge in [-0.3, -0.25) is 4.98 Å². The predicted octanol–water partition coefficient (Wildman–Crippen LogP) is 0.952. The number of rotatable bonds is 3. The fraction of sp³-hybridized carbons (Fsp3) is 0.583. The molecule has 2 rings (SSSR count). The zero-order valence-corrected chi connectivity index (χ0v) is 10.7. The van der Waals surface area contributed by atoms with E-state index in [1.165, 1.54) is 6.26 Å². The molecule has 1 saturated carbocycles. The molecule has 4 nitrogen and oxygen atoms in total. The first-order valence-corrected chi connectivity index (χ1v) is 7.67. The zero-order chi connectivity index (χ0) is 12.5. The Labute approximate surface area is 102 Å². The van der Waals surface area contributed by atoms with E-state index in [1.807, 2.05) is 12.1 Å². The predicted molar refractivity (Wildman–Crippen MR) is 65.4 cm³/mol. The molecule has 94 valence electrons. The van der Waals surface area contributed by atoms with Crippen LogP contribution >= 0.6 is 0 Å². The second-order valence-corrected chi connectivity index (χ2v) is 7.07. The van der Waals surface area contributed by atoms with Crippen molar-refractivity contribution in [1.82, 2.24) is 4.98 Å². The van der Waals surface area contributed by atoms with Gasteiger partial charge >= 0.3 is 0 Å². The van der Waals surface area contributed by atoms with Crippen LogP contribution < -0.4 is 0 Å². The molecule has 1 fully saturated rings. The van der Waals surface area contributed by atoms with Crippen LogP contribution in [-0.2, 0) is 16.3 Å². The van der Waals surface area contributed by atoms with E-state index in [9.17, 15) is 13.5 Å². The highest BCUT2D eigenvalue weighted by Gasteiger charge is 2.46. The Morgan fingerprint density at radius 1 is 1.47 bits per heavy atom. The van der Waals surface area contributed by atoms with Gasteiger partial charge in [-0.15, -0.1) is 0 Å². The molecule has 1 N–H and O–H groups in total. The number of pyridine rings is 1. The van der Waals surface area contributed by atoms with Crippen LogP contribution in [0.3, 0.4) is 0 Å². The summed E-state index contributed by atoms with van der Waals surface area (Å²) >= 11 is 0. The van der Waals surface area contributed by atoms with E-state index >= 15 is 0 Å². The fourth-order valence-electron chi connectivity index (χ4n) is 2.69. The van der Waals surface area contributed by atoms with Crippen molar-refractivity contribution in [2.45, 2.75) is 36.5 Å². The summed E-state index contributed by atoms with van der Waals surface area (Å²) in [5, 5.41) is 9.90. The SMILES string of the molecule is CS(=O)(=O)C1CCCC1(O)Cc1ccncc1. The quantitative estimate of drug-likeness (QED) is 0.873. The third-order valence-electron chi connectivity index (χ3n) is 3.45. The minimum Gasteiger partial charge on any atom is -0.388 e. The van der Waals surface area contributed by atoms with Crippen molar-refractivity contribution < 1.29 is 13.5 Å². The molecule has 2 unspecified atom stereocenters. The van der Waals surface area contributed by atoms with E-state index in [-0.39, 0.29) is 0 Å². The van der Waals surface area contributed by atoms with Crippen molar-refractivity contribution in [2.24, 2.45) is 0 Å². The summed E-state index contributed by atoms with van der Waals surface area (Å²) < 4.78 is 23.3. The number of sulfone groups is 1. The Bertz CT molecular complexity index is 486. The minimum atomic E-state index is -3.20. The van der Waals surface area contributed by atoms with Crippen LogP contribution in [0, 0.1) is 0 Å². The van der Waals surface area contributed by atoms with Gasteiger partial charge in [0, 0.05) is 25.1 Å². The molecule has 0 aliphatic heterocycles. The monoisotopic (exact) mass is 255 g/mol. The van der Waals surface area contributed by atoms with Crippen molar-refractivity contribution in [3.63, 3.8) is 0 Å². The van der Waals surface area contributed by atoms with Crippen LogP contribution in [0.5, 0.6) is 0 Å². The molecule has 0 aromatic carbocycles. The fourth-order valence-corrected chi connectivity index (χ4v) is 4.29. The molecule has 1 aromatic rings. The maximum atomic E-state index is 11.7. The van der Waals surface area contributed by atoms with Gasteiger partial charge in [-0.25, -0.2) is 8.42 Å². The minimum absolute atomic E-state index is 0.382. The Morgan fingerprint density at radius 2 is 2.12 bits per heavy atom. The molecule has 1 heterocycles. The highest BCUT2D eigenvalue weighted by molar-refractivity contribution is 7.91. The second kappa shape index (κ2) is 4.38. The number of hydrogen-bond acceptors (Lipinski definition) is 4. The third-order valence-corrected chi connectivity index (χ3v) is 5.16. The van der Waals surface area contributed by atoms with Crippen molar-refractivity contribution in [2.75, 3.05) is 6.26 Å². The van der Waals surface area contributed by atoms with Gasteiger partial charge in [-0.1, -0.05) is 0 Å². The number of aromatic nitrogens is 1. The third kappa shape index (κ3) is 2.66. The number of hydrogen-bond donors (Lipinski definition) is 1. The lowest BCUT2D eigenvalue weighted by atomic mass is 9.93. The summed E-state index contributed by atoms with van der Waals surface area (Å²) in [5.41, 5.74) is -0.187. The molecule has 0 spiro atoms. The van der Waals surface area contributed by atoms with E-state index in [0.29, 0.717) is 19.3 Å².